The van der Waals surface area contributed by atoms with Crippen LogP contribution in [0.5, 0.6) is 0 Å². The molecule has 0 aromatic carbocycles. The number of nitrogens with zero attached hydrogens (tertiary/aromatic N) is 3. The normalized spacial score (nSPS) is 22.5. The van der Waals surface area contributed by atoms with E-state index >= 15 is 0 Å². The van der Waals surface area contributed by atoms with E-state index in [0.717, 1.165) is 49.4 Å². The van der Waals surface area contributed by atoms with E-state index in [1.54, 1.807) is 16.7 Å². The summed E-state index contributed by atoms with van der Waals surface area (Å²) in [4.78, 5) is 32.4. The van der Waals surface area contributed by atoms with Gasteiger partial charge in [-0.1, -0.05) is 19.3 Å². The van der Waals surface area contributed by atoms with Gasteiger partial charge in [-0.2, -0.15) is 0 Å². The van der Waals surface area contributed by atoms with Crippen LogP contribution >= 0.6 is 11.3 Å². The first kappa shape index (κ1) is 17.7. The minimum Gasteiger partial charge on any atom is -0.353 e. The van der Waals surface area contributed by atoms with Crippen molar-refractivity contribution in [1.82, 2.24) is 19.6 Å². The van der Waals surface area contributed by atoms with E-state index in [4.69, 9.17) is 0 Å². The Morgan fingerprint density at radius 2 is 2.08 bits per heavy atom. The molecule has 7 heteroatoms. The van der Waals surface area contributed by atoms with Gasteiger partial charge in [-0.25, -0.2) is 4.98 Å². The van der Waals surface area contributed by atoms with Crippen LogP contribution in [0.1, 0.15) is 50.6 Å². The number of carbonyl (C=O) groups is 1. The number of fused-ring (bicyclic) bond motifs is 1. The first-order valence-corrected chi connectivity index (χ1v) is 10.6. The summed E-state index contributed by atoms with van der Waals surface area (Å²) in [5.74, 6) is 0.264. The third-order valence-corrected chi connectivity index (χ3v) is 6.33. The standard InChI is InChI=1S/C19H26N4O2S/c24-17-11-16(21-19-23(17)9-10-26-19)13-22-8-4-5-14(12-22)18(25)20-15-6-2-1-3-7-15/h9-11,14-15H,1-8,12-13H2,(H,20,25). The van der Waals surface area contributed by atoms with Crippen LogP contribution in [0, 0.1) is 5.92 Å². The highest BCUT2D eigenvalue weighted by Gasteiger charge is 2.28. The van der Waals surface area contributed by atoms with Crippen molar-refractivity contribution in [2.24, 2.45) is 5.92 Å². The number of thiazole rings is 1. The Morgan fingerprint density at radius 1 is 1.23 bits per heavy atom. The summed E-state index contributed by atoms with van der Waals surface area (Å²) >= 11 is 1.47. The average molecular weight is 375 g/mol. The van der Waals surface area contributed by atoms with Gasteiger partial charge in [-0.3, -0.25) is 18.9 Å². The van der Waals surface area contributed by atoms with Gasteiger partial charge >= 0.3 is 0 Å². The molecule has 2 fully saturated rings. The summed E-state index contributed by atoms with van der Waals surface area (Å²) in [5.41, 5.74) is 0.764. The van der Waals surface area contributed by atoms with Crippen LogP contribution in [0.15, 0.2) is 22.4 Å². The predicted molar refractivity (Wildman–Crippen MR) is 102 cm³/mol. The number of hydrogen-bond donors (Lipinski definition) is 1. The topological polar surface area (TPSA) is 66.7 Å². The fraction of sp³-hybridized carbons (Fsp3) is 0.632. The zero-order chi connectivity index (χ0) is 17.9. The lowest BCUT2D eigenvalue weighted by atomic mass is 9.93. The number of piperidine rings is 1. The lowest BCUT2D eigenvalue weighted by Gasteiger charge is -2.33. The van der Waals surface area contributed by atoms with Crippen LogP contribution in [0.3, 0.4) is 0 Å². The minimum absolute atomic E-state index is 0.0325. The Labute approximate surface area is 157 Å². The Hall–Kier alpha value is -1.73. The van der Waals surface area contributed by atoms with Gasteiger partial charge in [0.1, 0.15) is 0 Å². The van der Waals surface area contributed by atoms with Gasteiger partial charge in [0.2, 0.25) is 5.91 Å². The Morgan fingerprint density at radius 3 is 2.92 bits per heavy atom. The van der Waals surface area contributed by atoms with Crippen molar-refractivity contribution in [2.75, 3.05) is 13.1 Å². The second-order valence-corrected chi connectivity index (χ2v) is 8.43. The van der Waals surface area contributed by atoms with Gasteiger partial charge in [0.15, 0.2) is 4.96 Å². The number of nitrogens with one attached hydrogen (secondary N) is 1. The van der Waals surface area contributed by atoms with E-state index in [2.05, 4.69) is 15.2 Å². The third-order valence-electron chi connectivity index (χ3n) is 5.57. The molecule has 2 aliphatic rings. The molecule has 0 radical (unpaired) electrons. The molecule has 1 saturated heterocycles. The van der Waals surface area contributed by atoms with Crippen molar-refractivity contribution < 1.29 is 4.79 Å². The van der Waals surface area contributed by atoms with Crippen LogP contribution in [0.4, 0.5) is 0 Å². The van der Waals surface area contributed by atoms with Gasteiger partial charge in [0, 0.05) is 36.8 Å². The molecular weight excluding hydrogens is 348 g/mol. The molecule has 1 unspecified atom stereocenters. The molecule has 140 valence electrons. The molecule has 1 atom stereocenters. The zero-order valence-electron chi connectivity index (χ0n) is 15.0. The largest absolute Gasteiger partial charge is 0.353 e. The molecule has 1 N–H and O–H groups in total. The quantitative estimate of drug-likeness (QED) is 0.892. The fourth-order valence-electron chi connectivity index (χ4n) is 4.18. The van der Waals surface area contributed by atoms with Crippen LogP contribution in [0.2, 0.25) is 0 Å². The van der Waals surface area contributed by atoms with E-state index in [9.17, 15) is 9.59 Å². The van der Waals surface area contributed by atoms with Crippen LogP contribution < -0.4 is 10.9 Å². The van der Waals surface area contributed by atoms with Gasteiger partial charge in [0.05, 0.1) is 11.6 Å². The monoisotopic (exact) mass is 374 g/mol. The van der Waals surface area contributed by atoms with Gasteiger partial charge in [-0.15, -0.1) is 11.3 Å². The highest BCUT2D eigenvalue weighted by molar-refractivity contribution is 7.15. The average Bonchev–Trinajstić information content (AvgIpc) is 3.12. The summed E-state index contributed by atoms with van der Waals surface area (Å²) in [6.45, 7) is 2.35. The third kappa shape index (κ3) is 3.99. The number of amides is 1. The van der Waals surface area contributed by atoms with E-state index in [1.165, 1.54) is 30.6 Å². The molecule has 0 spiro atoms. The number of carbonyl (C=O) groups excluding carboxylic acids is 1. The van der Waals surface area contributed by atoms with Gasteiger partial charge in [0.25, 0.3) is 5.56 Å². The summed E-state index contributed by atoms with van der Waals surface area (Å²) in [7, 11) is 0. The lowest BCUT2D eigenvalue weighted by Crippen LogP contribution is -2.46. The molecule has 1 aliphatic carbocycles. The van der Waals surface area contributed by atoms with Gasteiger partial charge in [-0.05, 0) is 32.2 Å². The first-order chi connectivity index (χ1) is 12.7. The molecule has 2 aromatic heterocycles. The highest BCUT2D eigenvalue weighted by atomic mass is 32.1. The Bertz CT molecular complexity index is 824. The SMILES string of the molecule is O=C(NC1CCCCC1)C1CCCN(Cc2cc(=O)n3ccsc3n2)C1. The molecule has 1 saturated carbocycles. The molecule has 0 bridgehead atoms. The van der Waals surface area contributed by atoms with Crippen molar-refractivity contribution in [3.8, 4) is 0 Å². The number of likely N-dealkylation sites (tertiary alicyclic amines) is 1. The molecule has 4 rings (SSSR count). The van der Waals surface area contributed by atoms with Crippen molar-refractivity contribution in [3.63, 3.8) is 0 Å². The van der Waals surface area contributed by atoms with Crippen molar-refractivity contribution in [1.29, 1.82) is 0 Å². The van der Waals surface area contributed by atoms with Crippen LogP contribution in [-0.2, 0) is 11.3 Å². The summed E-state index contributed by atoms with van der Waals surface area (Å²) in [6.07, 6.45) is 9.73. The molecule has 1 aliphatic heterocycles. The summed E-state index contributed by atoms with van der Waals surface area (Å²) in [5, 5.41) is 5.14. The van der Waals surface area contributed by atoms with Crippen LogP contribution in [0.25, 0.3) is 4.96 Å². The van der Waals surface area contributed by atoms with Crippen LogP contribution in [-0.4, -0.2) is 39.3 Å². The smallest absolute Gasteiger partial charge is 0.258 e. The fourth-order valence-corrected chi connectivity index (χ4v) is 4.92. The summed E-state index contributed by atoms with van der Waals surface area (Å²) < 4.78 is 1.57. The second-order valence-electron chi connectivity index (χ2n) is 7.56. The maximum atomic E-state index is 12.7. The molecule has 6 nitrogen and oxygen atoms in total. The maximum Gasteiger partial charge on any atom is 0.258 e. The molecule has 26 heavy (non-hydrogen) atoms. The van der Waals surface area contributed by atoms with E-state index in [0.29, 0.717) is 12.6 Å². The maximum absolute atomic E-state index is 12.7. The molecular formula is C19H26N4O2S. The molecule has 1 amide bonds. The number of hydrogen-bond acceptors (Lipinski definition) is 5. The van der Waals surface area contributed by atoms with Crippen molar-refractivity contribution in [3.05, 3.63) is 33.7 Å². The number of rotatable bonds is 4. The van der Waals surface area contributed by atoms with Gasteiger partial charge < -0.3 is 5.32 Å². The van der Waals surface area contributed by atoms with Crippen molar-refractivity contribution in [2.45, 2.75) is 57.5 Å². The first-order valence-electron chi connectivity index (χ1n) is 9.67. The summed E-state index contributed by atoms with van der Waals surface area (Å²) in [6, 6.07) is 1.99. The van der Waals surface area contributed by atoms with Crippen molar-refractivity contribution >= 4 is 22.2 Å². The molecule has 3 heterocycles. The van der Waals surface area contributed by atoms with E-state index < -0.39 is 0 Å². The van der Waals surface area contributed by atoms with E-state index in [1.807, 2.05) is 5.38 Å². The Kier molecular flexibility index (Phi) is 5.36. The zero-order valence-corrected chi connectivity index (χ0v) is 15.8. The number of aromatic nitrogens is 2. The highest BCUT2D eigenvalue weighted by Crippen LogP contribution is 2.21. The lowest BCUT2D eigenvalue weighted by molar-refractivity contribution is -0.127. The van der Waals surface area contributed by atoms with E-state index in [-0.39, 0.29) is 17.4 Å². The Balaban J connectivity index is 1.38. The minimum atomic E-state index is -0.0325. The predicted octanol–water partition coefficient (Wildman–Crippen LogP) is 2.42. The second kappa shape index (κ2) is 7.88. The molecule has 2 aromatic rings.